The first-order chi connectivity index (χ1) is 12.7. The van der Waals surface area contributed by atoms with Crippen molar-refractivity contribution in [1.82, 2.24) is 14.7 Å². The minimum Gasteiger partial charge on any atom is -0.339 e. The molecule has 1 saturated carbocycles. The molecule has 6 heteroatoms. The maximum Gasteiger partial charge on any atom is 0.229 e. The molecule has 2 heterocycles. The van der Waals surface area contributed by atoms with E-state index in [1.165, 1.54) is 12.8 Å². The minimum atomic E-state index is -0.244. The standard InChI is InChI=1S/C20H24N4O2/c25-19-12-16(14-24(19)18-4-1-2-5-18)20(26)22-17-8-6-15(7-9-17)13-23-11-3-10-21-23/h3,6-11,16,18H,1-2,4-5,12-14H2,(H,22,26)/t16-/m1/s1. The van der Waals surface area contributed by atoms with Crippen molar-refractivity contribution in [3.05, 3.63) is 48.3 Å². The number of amides is 2. The molecule has 2 aliphatic rings. The van der Waals surface area contributed by atoms with Crippen LogP contribution in [-0.2, 0) is 16.1 Å². The zero-order chi connectivity index (χ0) is 17.9. The number of benzene rings is 1. The molecule has 0 unspecified atom stereocenters. The fourth-order valence-electron chi connectivity index (χ4n) is 3.99. The molecule has 1 aromatic heterocycles. The zero-order valence-electron chi connectivity index (χ0n) is 14.8. The van der Waals surface area contributed by atoms with Crippen molar-refractivity contribution in [2.75, 3.05) is 11.9 Å². The van der Waals surface area contributed by atoms with Crippen LogP contribution < -0.4 is 5.32 Å². The average Bonchev–Trinajstić information content (AvgIpc) is 3.38. The highest BCUT2D eigenvalue weighted by Gasteiger charge is 2.38. The Bertz CT molecular complexity index is 764. The highest BCUT2D eigenvalue weighted by Crippen LogP contribution is 2.30. The molecule has 2 amide bonds. The number of carbonyl (C=O) groups is 2. The molecule has 1 aliphatic carbocycles. The smallest absolute Gasteiger partial charge is 0.229 e. The molecule has 0 bridgehead atoms. The van der Waals surface area contributed by atoms with Gasteiger partial charge in [-0.1, -0.05) is 25.0 Å². The summed E-state index contributed by atoms with van der Waals surface area (Å²) in [5.74, 6) is -0.169. The molecule has 1 atom stereocenters. The third kappa shape index (κ3) is 3.64. The van der Waals surface area contributed by atoms with Crippen LogP contribution in [0.2, 0.25) is 0 Å². The predicted molar refractivity (Wildman–Crippen MR) is 98.5 cm³/mol. The lowest BCUT2D eigenvalue weighted by Gasteiger charge is -2.23. The lowest BCUT2D eigenvalue weighted by Crippen LogP contribution is -2.35. The van der Waals surface area contributed by atoms with Gasteiger partial charge < -0.3 is 10.2 Å². The van der Waals surface area contributed by atoms with E-state index < -0.39 is 0 Å². The van der Waals surface area contributed by atoms with Gasteiger partial charge in [0.25, 0.3) is 0 Å². The Labute approximate surface area is 153 Å². The molecule has 1 saturated heterocycles. The molecule has 4 rings (SSSR count). The maximum absolute atomic E-state index is 12.6. The summed E-state index contributed by atoms with van der Waals surface area (Å²) in [4.78, 5) is 26.8. The number of likely N-dealkylation sites (tertiary alicyclic amines) is 1. The molecule has 1 N–H and O–H groups in total. The third-order valence-corrected chi connectivity index (χ3v) is 5.42. The lowest BCUT2D eigenvalue weighted by atomic mass is 10.1. The number of nitrogens with zero attached hydrogens (tertiary/aromatic N) is 3. The van der Waals surface area contributed by atoms with Gasteiger partial charge in [0.05, 0.1) is 12.5 Å². The molecule has 6 nitrogen and oxygen atoms in total. The van der Waals surface area contributed by atoms with E-state index in [4.69, 9.17) is 0 Å². The molecule has 0 spiro atoms. The van der Waals surface area contributed by atoms with Gasteiger partial charge in [0.2, 0.25) is 11.8 Å². The summed E-state index contributed by atoms with van der Waals surface area (Å²) in [5.41, 5.74) is 1.89. The van der Waals surface area contributed by atoms with Crippen LogP contribution in [0.25, 0.3) is 0 Å². The second-order valence-corrected chi connectivity index (χ2v) is 7.28. The Kier molecular flexibility index (Phi) is 4.73. The maximum atomic E-state index is 12.6. The van der Waals surface area contributed by atoms with E-state index in [1.807, 2.05) is 46.1 Å². The molecule has 2 aromatic rings. The Hall–Kier alpha value is -2.63. The highest BCUT2D eigenvalue weighted by molar-refractivity contribution is 5.97. The first-order valence-electron chi connectivity index (χ1n) is 9.36. The summed E-state index contributed by atoms with van der Waals surface area (Å²) in [7, 11) is 0. The van der Waals surface area contributed by atoms with E-state index >= 15 is 0 Å². The molecule has 2 fully saturated rings. The number of rotatable bonds is 5. The van der Waals surface area contributed by atoms with Crippen LogP contribution in [0.4, 0.5) is 5.69 Å². The van der Waals surface area contributed by atoms with Crippen LogP contribution in [0.15, 0.2) is 42.7 Å². The van der Waals surface area contributed by atoms with Crippen LogP contribution in [0, 0.1) is 5.92 Å². The second kappa shape index (κ2) is 7.32. The summed E-state index contributed by atoms with van der Waals surface area (Å²) in [6.07, 6.45) is 8.55. The monoisotopic (exact) mass is 352 g/mol. The average molecular weight is 352 g/mol. The van der Waals surface area contributed by atoms with Crippen LogP contribution in [0.1, 0.15) is 37.7 Å². The molecule has 26 heavy (non-hydrogen) atoms. The van der Waals surface area contributed by atoms with Crippen molar-refractivity contribution in [2.24, 2.45) is 5.92 Å². The van der Waals surface area contributed by atoms with Gasteiger partial charge in [0, 0.05) is 37.1 Å². The fourth-order valence-corrected chi connectivity index (χ4v) is 3.99. The topological polar surface area (TPSA) is 67.2 Å². The van der Waals surface area contributed by atoms with Gasteiger partial charge in [-0.25, -0.2) is 0 Å². The normalized spacial score (nSPS) is 20.7. The molecule has 136 valence electrons. The van der Waals surface area contributed by atoms with Crippen molar-refractivity contribution in [3.63, 3.8) is 0 Å². The molecule has 1 aromatic carbocycles. The zero-order valence-corrected chi connectivity index (χ0v) is 14.8. The Morgan fingerprint density at radius 1 is 1.19 bits per heavy atom. The minimum absolute atomic E-state index is 0.0568. The van der Waals surface area contributed by atoms with Crippen molar-refractivity contribution in [2.45, 2.75) is 44.7 Å². The quantitative estimate of drug-likeness (QED) is 0.900. The van der Waals surface area contributed by atoms with E-state index in [0.717, 1.165) is 24.1 Å². The van der Waals surface area contributed by atoms with E-state index in [9.17, 15) is 9.59 Å². The highest BCUT2D eigenvalue weighted by atomic mass is 16.2. The Morgan fingerprint density at radius 2 is 1.96 bits per heavy atom. The summed E-state index contributed by atoms with van der Waals surface area (Å²) in [6, 6.07) is 10.0. The molecular weight excluding hydrogens is 328 g/mol. The van der Waals surface area contributed by atoms with E-state index in [2.05, 4.69) is 10.4 Å². The van der Waals surface area contributed by atoms with Crippen LogP contribution in [-0.4, -0.2) is 39.1 Å². The van der Waals surface area contributed by atoms with Gasteiger partial charge in [-0.15, -0.1) is 0 Å². The second-order valence-electron chi connectivity index (χ2n) is 7.28. The fraction of sp³-hybridized carbons (Fsp3) is 0.450. The van der Waals surface area contributed by atoms with Gasteiger partial charge in [-0.05, 0) is 36.6 Å². The summed E-state index contributed by atoms with van der Waals surface area (Å²) in [6.45, 7) is 1.27. The third-order valence-electron chi connectivity index (χ3n) is 5.42. The van der Waals surface area contributed by atoms with Gasteiger partial charge in [-0.2, -0.15) is 5.10 Å². The van der Waals surface area contributed by atoms with E-state index in [1.54, 1.807) is 6.20 Å². The van der Waals surface area contributed by atoms with E-state index in [0.29, 0.717) is 25.6 Å². The Balaban J connectivity index is 1.33. The first-order valence-corrected chi connectivity index (χ1v) is 9.36. The predicted octanol–water partition coefficient (Wildman–Crippen LogP) is 2.66. The summed E-state index contributed by atoms with van der Waals surface area (Å²) in [5, 5.41) is 7.15. The molecule has 1 aliphatic heterocycles. The summed E-state index contributed by atoms with van der Waals surface area (Å²) >= 11 is 0. The largest absolute Gasteiger partial charge is 0.339 e. The van der Waals surface area contributed by atoms with Crippen LogP contribution in [0.5, 0.6) is 0 Å². The van der Waals surface area contributed by atoms with Gasteiger partial charge in [0.15, 0.2) is 0 Å². The Morgan fingerprint density at radius 3 is 2.65 bits per heavy atom. The molecule has 0 radical (unpaired) electrons. The first kappa shape index (κ1) is 16.8. The number of nitrogens with one attached hydrogen (secondary N) is 1. The van der Waals surface area contributed by atoms with Crippen molar-refractivity contribution in [1.29, 1.82) is 0 Å². The van der Waals surface area contributed by atoms with Crippen molar-refractivity contribution < 1.29 is 9.59 Å². The van der Waals surface area contributed by atoms with Crippen LogP contribution in [0.3, 0.4) is 0 Å². The van der Waals surface area contributed by atoms with Gasteiger partial charge in [-0.3, -0.25) is 14.3 Å². The van der Waals surface area contributed by atoms with Gasteiger partial charge in [0.1, 0.15) is 0 Å². The number of aromatic nitrogens is 2. The number of hydrogen-bond acceptors (Lipinski definition) is 3. The van der Waals surface area contributed by atoms with E-state index in [-0.39, 0.29) is 17.7 Å². The van der Waals surface area contributed by atoms with Gasteiger partial charge >= 0.3 is 0 Å². The van der Waals surface area contributed by atoms with Crippen molar-refractivity contribution in [3.8, 4) is 0 Å². The number of hydrogen-bond donors (Lipinski definition) is 1. The van der Waals surface area contributed by atoms with Crippen LogP contribution >= 0.6 is 0 Å². The van der Waals surface area contributed by atoms with Crippen molar-refractivity contribution >= 4 is 17.5 Å². The number of carbonyl (C=O) groups excluding carboxylic acids is 2. The molecular formula is C20H24N4O2. The SMILES string of the molecule is O=C(Nc1ccc(Cn2cccn2)cc1)[C@@H]1CC(=O)N(C2CCCC2)C1. The number of anilines is 1. The lowest BCUT2D eigenvalue weighted by molar-refractivity contribution is -0.129. The summed E-state index contributed by atoms with van der Waals surface area (Å²) < 4.78 is 1.86.